The van der Waals surface area contributed by atoms with Crippen molar-refractivity contribution in [2.24, 2.45) is 0 Å². The molecular formula is C18H20O4. The Bertz CT molecular complexity index is 829. The van der Waals surface area contributed by atoms with Gasteiger partial charge in [-0.25, -0.2) is 4.79 Å². The lowest BCUT2D eigenvalue weighted by atomic mass is 9.91. The van der Waals surface area contributed by atoms with Crippen LogP contribution in [0.4, 0.5) is 0 Å². The van der Waals surface area contributed by atoms with E-state index in [-0.39, 0.29) is 11.2 Å². The van der Waals surface area contributed by atoms with Crippen LogP contribution >= 0.6 is 0 Å². The van der Waals surface area contributed by atoms with E-state index in [1.165, 1.54) is 0 Å². The first kappa shape index (κ1) is 13.7. The number of benzene rings is 1. The summed E-state index contributed by atoms with van der Waals surface area (Å²) in [6.07, 6.45) is 4.48. The van der Waals surface area contributed by atoms with Crippen molar-refractivity contribution in [3.63, 3.8) is 0 Å². The number of methoxy groups -OCH3 is 1. The summed E-state index contributed by atoms with van der Waals surface area (Å²) in [7, 11) is 1.65. The molecule has 0 saturated carbocycles. The lowest BCUT2D eigenvalue weighted by Gasteiger charge is -2.33. The van der Waals surface area contributed by atoms with Crippen LogP contribution in [-0.4, -0.2) is 12.7 Å². The van der Waals surface area contributed by atoms with Crippen LogP contribution < -0.4 is 15.1 Å². The minimum atomic E-state index is -0.206. The average molecular weight is 300 g/mol. The summed E-state index contributed by atoms with van der Waals surface area (Å²) >= 11 is 0. The van der Waals surface area contributed by atoms with Crippen LogP contribution in [0, 0.1) is 0 Å². The maximum Gasteiger partial charge on any atom is 0.339 e. The summed E-state index contributed by atoms with van der Waals surface area (Å²) in [5, 5.41) is 0.969. The van der Waals surface area contributed by atoms with E-state index in [0.717, 1.165) is 65.7 Å². The van der Waals surface area contributed by atoms with E-state index in [0.29, 0.717) is 5.58 Å². The van der Waals surface area contributed by atoms with Crippen LogP contribution in [0.1, 0.15) is 43.4 Å². The van der Waals surface area contributed by atoms with Gasteiger partial charge in [-0.1, -0.05) is 0 Å². The van der Waals surface area contributed by atoms with Crippen molar-refractivity contribution in [2.45, 2.75) is 51.6 Å². The molecule has 2 aliphatic rings. The first-order valence-corrected chi connectivity index (χ1v) is 7.87. The van der Waals surface area contributed by atoms with Crippen molar-refractivity contribution in [3.05, 3.63) is 33.2 Å². The van der Waals surface area contributed by atoms with Crippen molar-refractivity contribution >= 4 is 11.0 Å². The standard InChI is InChI=1S/C18H20O4/c1-18(2)8-7-12-13(22-18)9-14(20-3)15-10-5-4-6-11(10)17(19)21-16(12)15/h9H,4-8H2,1-3H3. The monoisotopic (exact) mass is 300 g/mol. The largest absolute Gasteiger partial charge is 0.496 e. The van der Waals surface area contributed by atoms with Gasteiger partial charge in [0, 0.05) is 17.2 Å². The second kappa shape index (κ2) is 4.51. The predicted molar refractivity (Wildman–Crippen MR) is 84.1 cm³/mol. The minimum absolute atomic E-state index is 0.194. The average Bonchev–Trinajstić information content (AvgIpc) is 2.95. The van der Waals surface area contributed by atoms with Crippen molar-refractivity contribution < 1.29 is 13.9 Å². The molecule has 22 heavy (non-hydrogen) atoms. The maximum absolute atomic E-state index is 12.3. The fraction of sp³-hybridized carbons (Fsp3) is 0.500. The van der Waals surface area contributed by atoms with Crippen LogP contribution in [0.2, 0.25) is 0 Å². The molecule has 0 amide bonds. The van der Waals surface area contributed by atoms with E-state index in [1.807, 2.05) is 6.07 Å². The highest BCUT2D eigenvalue weighted by Gasteiger charge is 2.32. The number of aryl methyl sites for hydroxylation is 2. The summed E-state index contributed by atoms with van der Waals surface area (Å²) in [6.45, 7) is 4.15. The summed E-state index contributed by atoms with van der Waals surface area (Å²) in [5.41, 5.74) is 3.19. The van der Waals surface area contributed by atoms with Crippen LogP contribution in [0.15, 0.2) is 15.3 Å². The highest BCUT2D eigenvalue weighted by atomic mass is 16.5. The van der Waals surface area contributed by atoms with Crippen molar-refractivity contribution in [1.82, 2.24) is 0 Å². The predicted octanol–water partition coefficient (Wildman–Crippen LogP) is 3.39. The van der Waals surface area contributed by atoms with Crippen molar-refractivity contribution in [2.75, 3.05) is 7.11 Å². The third kappa shape index (κ3) is 1.86. The molecule has 4 nitrogen and oxygen atoms in total. The molecule has 4 rings (SSSR count). The van der Waals surface area contributed by atoms with E-state index in [1.54, 1.807) is 7.11 Å². The molecule has 0 atom stereocenters. The second-order valence-electron chi connectivity index (χ2n) is 6.82. The molecule has 0 fully saturated rings. The van der Waals surface area contributed by atoms with Gasteiger partial charge in [0.2, 0.25) is 0 Å². The highest BCUT2D eigenvalue weighted by molar-refractivity contribution is 5.92. The Kier molecular flexibility index (Phi) is 2.80. The molecule has 2 aromatic rings. The normalized spacial score (nSPS) is 18.7. The van der Waals surface area contributed by atoms with Gasteiger partial charge in [0.05, 0.1) is 12.5 Å². The Morgan fingerprint density at radius 2 is 1.91 bits per heavy atom. The fourth-order valence-corrected chi connectivity index (χ4v) is 3.71. The molecule has 0 saturated heterocycles. The van der Waals surface area contributed by atoms with Gasteiger partial charge in [0.1, 0.15) is 22.7 Å². The summed E-state index contributed by atoms with van der Waals surface area (Å²) in [6, 6.07) is 1.96. The first-order valence-electron chi connectivity index (χ1n) is 7.87. The molecule has 0 unspecified atom stereocenters. The van der Waals surface area contributed by atoms with Gasteiger partial charge >= 0.3 is 5.63 Å². The molecule has 1 aromatic carbocycles. The molecule has 4 heteroatoms. The first-order chi connectivity index (χ1) is 10.5. The number of fused-ring (bicyclic) bond motifs is 5. The van der Waals surface area contributed by atoms with Crippen LogP contribution in [0.5, 0.6) is 11.5 Å². The fourth-order valence-electron chi connectivity index (χ4n) is 3.71. The summed E-state index contributed by atoms with van der Waals surface area (Å²) < 4.78 is 17.4. The van der Waals surface area contributed by atoms with E-state index >= 15 is 0 Å². The molecule has 2 heterocycles. The number of hydrogen-bond donors (Lipinski definition) is 0. The van der Waals surface area contributed by atoms with Gasteiger partial charge in [-0.3, -0.25) is 0 Å². The van der Waals surface area contributed by atoms with E-state index in [2.05, 4.69) is 13.8 Å². The van der Waals surface area contributed by atoms with Crippen LogP contribution in [0.25, 0.3) is 11.0 Å². The quantitative estimate of drug-likeness (QED) is 0.757. The minimum Gasteiger partial charge on any atom is -0.496 e. The Morgan fingerprint density at radius 3 is 2.68 bits per heavy atom. The third-order valence-electron chi connectivity index (χ3n) is 4.85. The number of rotatable bonds is 1. The highest BCUT2D eigenvalue weighted by Crippen LogP contribution is 2.44. The van der Waals surface area contributed by atoms with Gasteiger partial charge in [-0.15, -0.1) is 0 Å². The van der Waals surface area contributed by atoms with Crippen LogP contribution in [-0.2, 0) is 19.3 Å². The maximum atomic E-state index is 12.3. The van der Waals surface area contributed by atoms with Crippen LogP contribution in [0.3, 0.4) is 0 Å². The number of ether oxygens (including phenoxy) is 2. The Balaban J connectivity index is 2.09. The van der Waals surface area contributed by atoms with Gasteiger partial charge < -0.3 is 13.9 Å². The molecule has 116 valence electrons. The topological polar surface area (TPSA) is 48.7 Å². The lowest BCUT2D eigenvalue weighted by Crippen LogP contribution is -2.32. The molecule has 1 aromatic heterocycles. The molecule has 1 aliphatic heterocycles. The lowest BCUT2D eigenvalue weighted by molar-refractivity contribution is 0.0845. The van der Waals surface area contributed by atoms with Gasteiger partial charge in [-0.2, -0.15) is 0 Å². The Hall–Kier alpha value is -1.97. The van der Waals surface area contributed by atoms with Gasteiger partial charge in [-0.05, 0) is 51.5 Å². The van der Waals surface area contributed by atoms with E-state index < -0.39 is 0 Å². The SMILES string of the molecule is COc1cc2c(c3oc(=O)c4c(c13)CCC4)CCC(C)(C)O2. The van der Waals surface area contributed by atoms with E-state index in [4.69, 9.17) is 13.9 Å². The summed E-state index contributed by atoms with van der Waals surface area (Å²) in [5.74, 6) is 1.52. The zero-order valence-electron chi connectivity index (χ0n) is 13.2. The van der Waals surface area contributed by atoms with Gasteiger partial charge in [0.25, 0.3) is 0 Å². The summed E-state index contributed by atoms with van der Waals surface area (Å²) in [4.78, 5) is 12.3. The zero-order chi connectivity index (χ0) is 15.5. The van der Waals surface area contributed by atoms with Crippen molar-refractivity contribution in [1.29, 1.82) is 0 Å². The molecular weight excluding hydrogens is 280 g/mol. The molecule has 0 bridgehead atoms. The zero-order valence-corrected chi connectivity index (χ0v) is 13.2. The Morgan fingerprint density at radius 1 is 1.14 bits per heavy atom. The van der Waals surface area contributed by atoms with Gasteiger partial charge in [0.15, 0.2) is 0 Å². The third-order valence-corrected chi connectivity index (χ3v) is 4.85. The molecule has 0 spiro atoms. The Labute approximate surface area is 129 Å². The molecule has 0 N–H and O–H groups in total. The second-order valence-corrected chi connectivity index (χ2v) is 6.82. The van der Waals surface area contributed by atoms with Crippen molar-refractivity contribution in [3.8, 4) is 11.5 Å². The molecule has 0 radical (unpaired) electrons. The smallest absolute Gasteiger partial charge is 0.339 e. The van der Waals surface area contributed by atoms with E-state index in [9.17, 15) is 4.79 Å². The molecule has 1 aliphatic carbocycles. The number of hydrogen-bond acceptors (Lipinski definition) is 4.